The number of carboxylic acid groups (broad SMARTS) is 1. The molecule has 92 valence electrons. The molecule has 0 fully saturated rings. The van der Waals surface area contributed by atoms with E-state index in [1.807, 2.05) is 0 Å². The monoisotopic (exact) mass is 235 g/mol. The molecule has 0 bridgehead atoms. The molecule has 0 aromatic heterocycles. The van der Waals surface area contributed by atoms with Crippen molar-refractivity contribution in [2.24, 2.45) is 5.73 Å². The Balaban J connectivity index is 4.05. The van der Waals surface area contributed by atoms with Gasteiger partial charge in [-0.05, 0) is 6.42 Å². The zero-order valence-corrected chi connectivity index (χ0v) is 8.33. The number of esters is 2. The van der Waals surface area contributed by atoms with Crippen LogP contribution < -0.4 is 5.73 Å². The molecular formula is C8H13NO7. The Morgan fingerprint density at radius 2 is 1.81 bits per heavy atom. The quantitative estimate of drug-likeness (QED) is 0.294. The Morgan fingerprint density at radius 1 is 1.25 bits per heavy atom. The molecule has 0 aliphatic carbocycles. The molecule has 0 rings (SSSR count). The van der Waals surface area contributed by atoms with Crippen molar-refractivity contribution >= 4 is 17.9 Å². The van der Waals surface area contributed by atoms with Crippen molar-refractivity contribution in [2.45, 2.75) is 25.0 Å². The van der Waals surface area contributed by atoms with E-state index >= 15 is 0 Å². The van der Waals surface area contributed by atoms with Gasteiger partial charge in [0.2, 0.25) is 0 Å². The maximum absolute atomic E-state index is 11.0. The molecule has 5 N–H and O–H groups in total. The molecule has 0 saturated carbocycles. The molecule has 0 aromatic rings. The summed E-state index contributed by atoms with van der Waals surface area (Å²) in [4.78, 5) is 32.0. The highest BCUT2D eigenvalue weighted by Crippen LogP contribution is 1.99. The van der Waals surface area contributed by atoms with Gasteiger partial charge in [-0.25, -0.2) is 9.59 Å². The highest BCUT2D eigenvalue weighted by Gasteiger charge is 2.23. The fourth-order valence-corrected chi connectivity index (χ4v) is 0.714. The van der Waals surface area contributed by atoms with Gasteiger partial charge in [0.05, 0.1) is 6.61 Å². The van der Waals surface area contributed by atoms with Gasteiger partial charge in [0.25, 0.3) is 0 Å². The first-order chi connectivity index (χ1) is 7.38. The van der Waals surface area contributed by atoms with Gasteiger partial charge in [-0.3, -0.25) is 4.79 Å². The predicted octanol–water partition coefficient (Wildman–Crippen LogP) is -2.40. The Labute approximate surface area is 90.6 Å². The number of aliphatic carboxylic acids is 1. The Morgan fingerprint density at radius 3 is 2.25 bits per heavy atom. The van der Waals surface area contributed by atoms with Crippen LogP contribution in [0.2, 0.25) is 0 Å². The lowest BCUT2D eigenvalue weighted by Gasteiger charge is -2.10. The van der Waals surface area contributed by atoms with E-state index in [0.29, 0.717) is 0 Å². The number of aliphatic hydroxyl groups excluding tert-OH is 2. The Hall–Kier alpha value is -1.51. The minimum Gasteiger partial charge on any atom is -0.481 e. The number of carbonyl (C=O) groups excluding carboxylic acids is 2. The van der Waals surface area contributed by atoms with Crippen molar-refractivity contribution < 1.29 is 34.4 Å². The third-order valence-corrected chi connectivity index (χ3v) is 1.62. The van der Waals surface area contributed by atoms with Crippen LogP contribution in [-0.2, 0) is 19.1 Å². The Kier molecular flexibility index (Phi) is 6.23. The van der Waals surface area contributed by atoms with Gasteiger partial charge < -0.3 is 25.8 Å². The fourth-order valence-electron chi connectivity index (χ4n) is 0.714. The van der Waals surface area contributed by atoms with E-state index in [2.05, 4.69) is 4.74 Å². The molecule has 0 saturated heterocycles. The predicted molar refractivity (Wildman–Crippen MR) is 49.0 cm³/mol. The number of aliphatic hydroxyl groups is 2. The van der Waals surface area contributed by atoms with E-state index < -0.39 is 36.7 Å². The third kappa shape index (κ3) is 5.39. The van der Waals surface area contributed by atoms with Crippen molar-refractivity contribution in [1.82, 2.24) is 0 Å². The highest BCUT2D eigenvalue weighted by atomic mass is 16.6. The lowest BCUT2D eigenvalue weighted by atomic mass is 10.2. The van der Waals surface area contributed by atoms with Crippen molar-refractivity contribution in [1.29, 1.82) is 0 Å². The minimum atomic E-state index is -1.81. The van der Waals surface area contributed by atoms with Gasteiger partial charge in [-0.2, -0.15) is 0 Å². The van der Waals surface area contributed by atoms with Crippen molar-refractivity contribution in [2.75, 3.05) is 6.61 Å². The maximum Gasteiger partial charge on any atom is 0.345 e. The Bertz CT molecular complexity index is 278. The number of carboxylic acids is 1. The second-order valence-electron chi connectivity index (χ2n) is 2.98. The third-order valence-electron chi connectivity index (χ3n) is 1.62. The molecule has 0 spiro atoms. The van der Waals surface area contributed by atoms with Crippen molar-refractivity contribution in [3.05, 3.63) is 0 Å². The first kappa shape index (κ1) is 14.5. The van der Waals surface area contributed by atoms with Crippen LogP contribution in [-0.4, -0.2) is 52.0 Å². The SMILES string of the molecule is N[C@@H](CCC(=O)O)C(=O)OC(=O)C(O)CO. The van der Waals surface area contributed by atoms with Crippen LogP contribution in [0.15, 0.2) is 0 Å². The number of hydrogen-bond acceptors (Lipinski definition) is 7. The van der Waals surface area contributed by atoms with E-state index in [-0.39, 0.29) is 12.8 Å². The molecule has 0 aliphatic heterocycles. The van der Waals surface area contributed by atoms with Crippen molar-refractivity contribution in [3.63, 3.8) is 0 Å². The molecule has 0 aliphatic rings. The van der Waals surface area contributed by atoms with Gasteiger partial charge in [-0.15, -0.1) is 0 Å². The number of ether oxygens (including phenoxy) is 1. The summed E-state index contributed by atoms with van der Waals surface area (Å²) in [5, 5.41) is 25.4. The topological polar surface area (TPSA) is 147 Å². The average Bonchev–Trinajstić information content (AvgIpc) is 2.24. The van der Waals surface area contributed by atoms with Gasteiger partial charge in [0, 0.05) is 6.42 Å². The first-order valence-electron chi connectivity index (χ1n) is 4.40. The van der Waals surface area contributed by atoms with Crippen LogP contribution in [0.5, 0.6) is 0 Å². The lowest BCUT2D eigenvalue weighted by Crippen LogP contribution is -2.37. The van der Waals surface area contributed by atoms with Crippen LogP contribution in [0.1, 0.15) is 12.8 Å². The molecule has 0 radical (unpaired) electrons. The molecule has 1 unspecified atom stereocenters. The zero-order valence-electron chi connectivity index (χ0n) is 8.33. The first-order valence-corrected chi connectivity index (χ1v) is 4.40. The number of rotatable bonds is 6. The summed E-state index contributed by atoms with van der Waals surface area (Å²) in [7, 11) is 0. The van der Waals surface area contributed by atoms with Crippen LogP contribution in [0.3, 0.4) is 0 Å². The number of nitrogens with two attached hydrogens (primary N) is 1. The van der Waals surface area contributed by atoms with Crippen LogP contribution >= 0.6 is 0 Å². The molecule has 16 heavy (non-hydrogen) atoms. The summed E-state index contributed by atoms with van der Waals surface area (Å²) < 4.78 is 4.09. The number of hydrogen-bond donors (Lipinski definition) is 4. The summed E-state index contributed by atoms with van der Waals surface area (Å²) in [6.07, 6.45) is -2.33. The maximum atomic E-state index is 11.0. The largest absolute Gasteiger partial charge is 0.481 e. The van der Waals surface area contributed by atoms with E-state index in [9.17, 15) is 14.4 Å². The summed E-state index contributed by atoms with van der Waals surface area (Å²) in [5.41, 5.74) is 5.22. The van der Waals surface area contributed by atoms with E-state index in [1.54, 1.807) is 0 Å². The van der Waals surface area contributed by atoms with Gasteiger partial charge in [-0.1, -0.05) is 0 Å². The highest BCUT2D eigenvalue weighted by molar-refractivity contribution is 5.90. The van der Waals surface area contributed by atoms with Gasteiger partial charge in [0.15, 0.2) is 6.10 Å². The van der Waals surface area contributed by atoms with E-state index in [0.717, 1.165) is 0 Å². The summed E-state index contributed by atoms with van der Waals surface area (Å²) in [5.74, 6) is -3.60. The smallest absolute Gasteiger partial charge is 0.345 e. The van der Waals surface area contributed by atoms with Gasteiger partial charge in [0.1, 0.15) is 6.04 Å². The normalized spacial score (nSPS) is 13.9. The van der Waals surface area contributed by atoms with Crippen LogP contribution in [0.4, 0.5) is 0 Å². The molecule has 0 heterocycles. The van der Waals surface area contributed by atoms with Crippen LogP contribution in [0, 0.1) is 0 Å². The average molecular weight is 235 g/mol. The zero-order chi connectivity index (χ0) is 12.7. The molecule has 8 heteroatoms. The summed E-state index contributed by atoms with van der Waals surface area (Å²) in [6.45, 7) is -0.878. The standard InChI is InChI=1S/C8H13NO7/c9-4(1-2-6(12)13)7(14)16-8(15)5(11)3-10/h4-5,10-11H,1-3,9H2,(H,12,13)/t4-,5?/m0/s1. The van der Waals surface area contributed by atoms with E-state index in [1.165, 1.54) is 0 Å². The van der Waals surface area contributed by atoms with Crippen LogP contribution in [0.25, 0.3) is 0 Å². The van der Waals surface area contributed by atoms with Gasteiger partial charge >= 0.3 is 17.9 Å². The fraction of sp³-hybridized carbons (Fsp3) is 0.625. The van der Waals surface area contributed by atoms with E-state index in [4.69, 9.17) is 21.1 Å². The second-order valence-corrected chi connectivity index (χ2v) is 2.98. The molecule has 0 amide bonds. The lowest BCUT2D eigenvalue weighted by molar-refractivity contribution is -0.168. The molecule has 0 aromatic carbocycles. The molecule has 8 nitrogen and oxygen atoms in total. The second kappa shape index (κ2) is 6.88. The summed E-state index contributed by atoms with van der Waals surface area (Å²) in [6, 6.07) is -1.26. The minimum absolute atomic E-state index is 0.184. The number of carbonyl (C=O) groups is 3. The molecule has 2 atom stereocenters. The van der Waals surface area contributed by atoms with Crippen molar-refractivity contribution in [3.8, 4) is 0 Å². The summed E-state index contributed by atoms with van der Waals surface area (Å²) >= 11 is 0. The molecular weight excluding hydrogens is 222 g/mol.